The molecule has 0 bridgehead atoms. The summed E-state index contributed by atoms with van der Waals surface area (Å²) in [4.78, 5) is 12.2. The summed E-state index contributed by atoms with van der Waals surface area (Å²) in [5.74, 6) is 7.03. The first-order valence-corrected chi connectivity index (χ1v) is 9.86. The summed E-state index contributed by atoms with van der Waals surface area (Å²) in [7, 11) is 1.53. The van der Waals surface area contributed by atoms with Crippen molar-refractivity contribution in [1.29, 1.82) is 0 Å². The normalized spacial score (nSPS) is 10.6. The molecule has 0 aliphatic heterocycles. The highest BCUT2D eigenvalue weighted by Crippen LogP contribution is 2.28. The van der Waals surface area contributed by atoms with Crippen molar-refractivity contribution in [1.82, 2.24) is 14.9 Å². The largest absolute Gasteiger partial charge is 0.495 e. The fourth-order valence-corrected chi connectivity index (χ4v) is 3.58. The van der Waals surface area contributed by atoms with Crippen LogP contribution in [0.25, 0.3) is 11.4 Å². The Kier molecular flexibility index (Phi) is 6.25. The highest BCUT2D eigenvalue weighted by atomic mass is 79.9. The van der Waals surface area contributed by atoms with E-state index in [0.717, 1.165) is 10.0 Å². The molecule has 1 aromatic heterocycles. The molecule has 0 aliphatic rings. The minimum Gasteiger partial charge on any atom is -0.495 e. The molecule has 7 nitrogen and oxygen atoms in total. The third-order valence-electron chi connectivity index (χ3n) is 3.52. The molecular formula is C17H15BrClN5O2S. The average molecular weight is 469 g/mol. The molecule has 3 aromatic rings. The van der Waals surface area contributed by atoms with Crippen LogP contribution in [0.3, 0.4) is 0 Å². The van der Waals surface area contributed by atoms with Crippen molar-refractivity contribution in [3.63, 3.8) is 0 Å². The van der Waals surface area contributed by atoms with Crippen molar-refractivity contribution >= 4 is 50.9 Å². The van der Waals surface area contributed by atoms with Gasteiger partial charge in [-0.2, -0.15) is 0 Å². The van der Waals surface area contributed by atoms with Gasteiger partial charge in [0.25, 0.3) is 0 Å². The lowest BCUT2D eigenvalue weighted by Crippen LogP contribution is -2.16. The number of nitrogen functional groups attached to an aromatic ring is 1. The van der Waals surface area contributed by atoms with Crippen LogP contribution in [0.2, 0.25) is 5.02 Å². The second kappa shape index (κ2) is 8.64. The molecule has 2 aromatic carbocycles. The predicted octanol–water partition coefficient (Wildman–Crippen LogP) is 3.81. The molecule has 3 rings (SSSR count). The van der Waals surface area contributed by atoms with Gasteiger partial charge in [-0.3, -0.25) is 4.79 Å². The average Bonchev–Trinajstić information content (AvgIpc) is 3.01. The zero-order chi connectivity index (χ0) is 19.4. The zero-order valence-corrected chi connectivity index (χ0v) is 17.3. The third-order valence-corrected chi connectivity index (χ3v) is 5.25. The first-order chi connectivity index (χ1) is 13.0. The maximum Gasteiger partial charge on any atom is 0.234 e. The number of thioether (sulfide) groups is 1. The van der Waals surface area contributed by atoms with Gasteiger partial charge in [-0.25, -0.2) is 4.68 Å². The Hall–Kier alpha value is -2.23. The summed E-state index contributed by atoms with van der Waals surface area (Å²) in [5.41, 5.74) is 1.40. The first kappa shape index (κ1) is 19.5. The Morgan fingerprint density at radius 2 is 2.15 bits per heavy atom. The van der Waals surface area contributed by atoms with Crippen molar-refractivity contribution in [2.75, 3.05) is 24.0 Å². The van der Waals surface area contributed by atoms with Crippen LogP contribution in [0.15, 0.2) is 52.1 Å². The molecule has 0 unspecified atom stereocenters. The van der Waals surface area contributed by atoms with Crippen LogP contribution in [-0.2, 0) is 4.79 Å². The topological polar surface area (TPSA) is 95.1 Å². The summed E-state index contributed by atoms with van der Waals surface area (Å²) < 4.78 is 7.36. The summed E-state index contributed by atoms with van der Waals surface area (Å²) in [6.07, 6.45) is 0. The lowest BCUT2D eigenvalue weighted by Gasteiger charge is -2.08. The van der Waals surface area contributed by atoms with E-state index in [1.165, 1.54) is 23.5 Å². The van der Waals surface area contributed by atoms with E-state index >= 15 is 0 Å². The molecule has 0 radical (unpaired) electrons. The van der Waals surface area contributed by atoms with Gasteiger partial charge in [0.2, 0.25) is 11.1 Å². The van der Waals surface area contributed by atoms with Crippen LogP contribution in [-0.4, -0.2) is 33.6 Å². The Morgan fingerprint density at radius 3 is 2.85 bits per heavy atom. The van der Waals surface area contributed by atoms with Gasteiger partial charge in [0, 0.05) is 15.7 Å². The van der Waals surface area contributed by atoms with E-state index in [9.17, 15) is 4.79 Å². The smallest absolute Gasteiger partial charge is 0.234 e. The van der Waals surface area contributed by atoms with Crippen LogP contribution in [0.5, 0.6) is 5.75 Å². The van der Waals surface area contributed by atoms with E-state index in [1.807, 2.05) is 24.3 Å². The number of hydrogen-bond acceptors (Lipinski definition) is 6. The predicted molar refractivity (Wildman–Crippen MR) is 111 cm³/mol. The summed E-state index contributed by atoms with van der Waals surface area (Å²) in [6, 6.07) is 12.6. The van der Waals surface area contributed by atoms with Crippen molar-refractivity contribution < 1.29 is 9.53 Å². The number of nitrogens with zero attached hydrogens (tertiary/aromatic N) is 3. The Balaban J connectivity index is 1.63. The third kappa shape index (κ3) is 4.74. The molecule has 0 fully saturated rings. The molecular weight excluding hydrogens is 454 g/mol. The first-order valence-electron chi connectivity index (χ1n) is 7.70. The summed E-state index contributed by atoms with van der Waals surface area (Å²) in [6.45, 7) is 0. The van der Waals surface area contributed by atoms with Gasteiger partial charge >= 0.3 is 0 Å². The highest BCUT2D eigenvalue weighted by molar-refractivity contribution is 9.10. The maximum absolute atomic E-state index is 12.2. The minimum absolute atomic E-state index is 0.122. The van der Waals surface area contributed by atoms with E-state index in [0.29, 0.717) is 27.4 Å². The second-order valence-corrected chi connectivity index (χ2v) is 7.64. The molecule has 0 aliphatic carbocycles. The van der Waals surface area contributed by atoms with E-state index in [-0.39, 0.29) is 11.7 Å². The fraction of sp³-hybridized carbons (Fsp3) is 0.118. The number of anilines is 1. The Morgan fingerprint density at radius 1 is 1.33 bits per heavy atom. The van der Waals surface area contributed by atoms with Crippen molar-refractivity contribution in [3.05, 3.63) is 52.0 Å². The van der Waals surface area contributed by atoms with E-state index in [2.05, 4.69) is 31.4 Å². The number of benzene rings is 2. The van der Waals surface area contributed by atoms with Crippen molar-refractivity contribution in [2.45, 2.75) is 5.16 Å². The SMILES string of the molecule is COc1ccc(NC(=O)CSc2nnc(-c3cccc(Br)c3)n2N)cc1Cl. The van der Waals surface area contributed by atoms with Crippen molar-refractivity contribution in [3.8, 4) is 17.1 Å². The second-order valence-electron chi connectivity index (χ2n) is 5.37. The van der Waals surface area contributed by atoms with Gasteiger partial charge in [0.15, 0.2) is 5.82 Å². The standard InChI is InChI=1S/C17H15BrClN5O2S/c1-26-14-6-5-12(8-13(14)19)21-15(25)9-27-17-23-22-16(24(17)20)10-3-2-4-11(18)7-10/h2-8H,9,20H2,1H3,(H,21,25). The lowest BCUT2D eigenvalue weighted by molar-refractivity contribution is -0.113. The van der Waals surface area contributed by atoms with Crippen LogP contribution in [0.4, 0.5) is 5.69 Å². The number of carbonyl (C=O) groups is 1. The molecule has 1 heterocycles. The van der Waals surface area contributed by atoms with E-state index in [1.54, 1.807) is 18.2 Å². The van der Waals surface area contributed by atoms with Crippen molar-refractivity contribution in [2.24, 2.45) is 0 Å². The quantitative estimate of drug-likeness (QED) is 0.422. The summed E-state index contributed by atoms with van der Waals surface area (Å²) in [5, 5.41) is 11.8. The van der Waals surface area contributed by atoms with Gasteiger partial charge in [0.05, 0.1) is 17.9 Å². The Bertz CT molecular complexity index is 982. The number of halogens is 2. The number of amides is 1. The number of methoxy groups -OCH3 is 1. The molecule has 0 saturated heterocycles. The molecule has 0 saturated carbocycles. The molecule has 140 valence electrons. The van der Waals surface area contributed by atoms with Gasteiger partial charge in [-0.05, 0) is 30.3 Å². The van der Waals surface area contributed by atoms with Gasteiger partial charge in [0.1, 0.15) is 5.75 Å². The van der Waals surface area contributed by atoms with E-state index in [4.69, 9.17) is 22.2 Å². The number of hydrogen-bond donors (Lipinski definition) is 2. The van der Waals surface area contributed by atoms with Crippen LogP contribution >= 0.6 is 39.3 Å². The molecule has 10 heteroatoms. The molecule has 0 spiro atoms. The van der Waals surface area contributed by atoms with Crippen LogP contribution in [0.1, 0.15) is 0 Å². The number of ether oxygens (including phenoxy) is 1. The number of nitrogens with two attached hydrogens (primary N) is 1. The van der Waals surface area contributed by atoms with Gasteiger partial charge < -0.3 is 15.9 Å². The van der Waals surface area contributed by atoms with Crippen LogP contribution in [0, 0.1) is 0 Å². The lowest BCUT2D eigenvalue weighted by atomic mass is 10.2. The molecule has 1 amide bonds. The number of carbonyl (C=O) groups excluding carboxylic acids is 1. The zero-order valence-electron chi connectivity index (χ0n) is 14.1. The van der Waals surface area contributed by atoms with E-state index < -0.39 is 0 Å². The molecule has 0 atom stereocenters. The minimum atomic E-state index is -0.215. The van der Waals surface area contributed by atoms with Gasteiger partial charge in [-0.15, -0.1) is 10.2 Å². The molecule has 27 heavy (non-hydrogen) atoms. The number of nitrogens with one attached hydrogen (secondary N) is 1. The maximum atomic E-state index is 12.2. The number of rotatable bonds is 6. The van der Waals surface area contributed by atoms with Crippen LogP contribution < -0.4 is 15.9 Å². The number of aromatic nitrogens is 3. The Labute approximate surface area is 173 Å². The fourth-order valence-electron chi connectivity index (χ4n) is 2.27. The highest BCUT2D eigenvalue weighted by Gasteiger charge is 2.14. The monoisotopic (exact) mass is 467 g/mol. The van der Waals surface area contributed by atoms with Gasteiger partial charge in [-0.1, -0.05) is 51.4 Å². The molecule has 3 N–H and O–H groups in total. The summed E-state index contributed by atoms with van der Waals surface area (Å²) >= 11 is 10.7.